The minimum atomic E-state index is -1.06. The molecule has 1 unspecified atom stereocenters. The van der Waals surface area contributed by atoms with Crippen LogP contribution in [-0.4, -0.2) is 28.0 Å². The van der Waals surface area contributed by atoms with E-state index in [1.165, 1.54) is 0 Å². The van der Waals surface area contributed by atoms with Crippen LogP contribution in [0.3, 0.4) is 0 Å². The summed E-state index contributed by atoms with van der Waals surface area (Å²) in [4.78, 5) is 12.6. The van der Waals surface area contributed by atoms with Gasteiger partial charge in [-0.1, -0.05) is 29.8 Å². The molecular formula is C16H26BrClN2O2S. The zero-order valence-corrected chi connectivity index (χ0v) is 16.9. The SMILES string of the molecule is CCC(N)(CC)CNC(=O)CCCS(=O)c1ccc(Br)cc1.Cl. The highest BCUT2D eigenvalue weighted by Gasteiger charge is 2.20. The van der Waals surface area contributed by atoms with Crippen molar-refractivity contribution in [1.82, 2.24) is 5.32 Å². The lowest BCUT2D eigenvalue weighted by atomic mass is 9.94. The number of hydrogen-bond acceptors (Lipinski definition) is 3. The Kier molecular flexibility index (Phi) is 11.0. The van der Waals surface area contributed by atoms with Crippen LogP contribution in [0.2, 0.25) is 0 Å². The van der Waals surface area contributed by atoms with E-state index in [1.54, 1.807) is 0 Å². The Morgan fingerprint density at radius 3 is 2.35 bits per heavy atom. The number of rotatable bonds is 9. The first-order valence-corrected chi connectivity index (χ1v) is 9.71. The fourth-order valence-corrected chi connectivity index (χ4v) is 3.28. The number of hydrogen-bond donors (Lipinski definition) is 2. The van der Waals surface area contributed by atoms with Gasteiger partial charge in [0.1, 0.15) is 0 Å². The number of nitrogens with two attached hydrogens (primary N) is 1. The molecule has 0 saturated heterocycles. The second-order valence-corrected chi connectivity index (χ2v) is 7.94. The molecule has 132 valence electrons. The lowest BCUT2D eigenvalue weighted by molar-refractivity contribution is -0.121. The summed E-state index contributed by atoms with van der Waals surface area (Å²) in [5.74, 6) is 0.467. The lowest BCUT2D eigenvalue weighted by Crippen LogP contribution is -2.49. The van der Waals surface area contributed by atoms with Gasteiger partial charge in [0, 0.05) is 33.6 Å². The topological polar surface area (TPSA) is 72.2 Å². The molecule has 0 aliphatic carbocycles. The summed E-state index contributed by atoms with van der Waals surface area (Å²) in [6.45, 7) is 4.54. The van der Waals surface area contributed by atoms with Crippen molar-refractivity contribution in [1.29, 1.82) is 0 Å². The maximum absolute atomic E-state index is 12.1. The number of carbonyl (C=O) groups is 1. The molecular weight excluding hydrogens is 400 g/mol. The summed E-state index contributed by atoms with van der Waals surface area (Å²) < 4.78 is 13.1. The van der Waals surface area contributed by atoms with Gasteiger partial charge in [0.25, 0.3) is 0 Å². The predicted octanol–water partition coefficient (Wildman–Crippen LogP) is 3.39. The first-order chi connectivity index (χ1) is 10.4. The summed E-state index contributed by atoms with van der Waals surface area (Å²) in [5.41, 5.74) is 5.82. The molecule has 0 spiro atoms. The Balaban J connectivity index is 0.00000484. The van der Waals surface area contributed by atoms with Crippen molar-refractivity contribution in [2.75, 3.05) is 12.3 Å². The van der Waals surface area contributed by atoms with Gasteiger partial charge < -0.3 is 11.1 Å². The highest BCUT2D eigenvalue weighted by Crippen LogP contribution is 2.14. The summed E-state index contributed by atoms with van der Waals surface area (Å²) in [6, 6.07) is 7.42. The zero-order valence-electron chi connectivity index (χ0n) is 13.6. The molecule has 0 aliphatic heterocycles. The zero-order chi connectivity index (χ0) is 16.6. The molecule has 0 heterocycles. The maximum Gasteiger partial charge on any atom is 0.220 e. The number of amides is 1. The van der Waals surface area contributed by atoms with Gasteiger partial charge in [-0.05, 0) is 43.5 Å². The van der Waals surface area contributed by atoms with Crippen molar-refractivity contribution in [3.05, 3.63) is 28.7 Å². The molecule has 3 N–H and O–H groups in total. The average molecular weight is 426 g/mol. The van der Waals surface area contributed by atoms with E-state index in [4.69, 9.17) is 5.73 Å². The van der Waals surface area contributed by atoms with Crippen LogP contribution in [0.25, 0.3) is 0 Å². The summed E-state index contributed by atoms with van der Waals surface area (Å²) in [6.07, 6.45) is 2.64. The van der Waals surface area contributed by atoms with Crippen LogP contribution in [-0.2, 0) is 15.6 Å². The molecule has 1 aromatic carbocycles. The third-order valence-electron chi connectivity index (χ3n) is 3.86. The number of benzene rings is 1. The molecule has 23 heavy (non-hydrogen) atoms. The maximum atomic E-state index is 12.1. The van der Waals surface area contributed by atoms with Crippen LogP contribution < -0.4 is 11.1 Å². The Morgan fingerprint density at radius 2 is 1.83 bits per heavy atom. The van der Waals surface area contributed by atoms with E-state index < -0.39 is 10.8 Å². The number of halogens is 2. The fourth-order valence-electron chi connectivity index (χ4n) is 1.93. The molecule has 0 saturated carbocycles. The van der Waals surface area contributed by atoms with Crippen molar-refractivity contribution in [3.8, 4) is 0 Å². The average Bonchev–Trinajstić information content (AvgIpc) is 2.53. The normalized spacial score (nSPS) is 12.3. The molecule has 1 atom stereocenters. The molecule has 0 radical (unpaired) electrons. The molecule has 7 heteroatoms. The molecule has 0 aliphatic rings. The second-order valence-electron chi connectivity index (χ2n) is 5.45. The smallest absolute Gasteiger partial charge is 0.220 e. The van der Waals surface area contributed by atoms with E-state index >= 15 is 0 Å². The minimum absolute atomic E-state index is 0. The molecule has 1 rings (SSSR count). The van der Waals surface area contributed by atoms with Crippen molar-refractivity contribution in [3.63, 3.8) is 0 Å². The first kappa shape index (κ1) is 22.6. The van der Waals surface area contributed by atoms with E-state index in [0.29, 0.717) is 25.1 Å². The number of carbonyl (C=O) groups excluding carboxylic acids is 1. The van der Waals surface area contributed by atoms with E-state index in [2.05, 4.69) is 21.2 Å². The van der Waals surface area contributed by atoms with Crippen LogP contribution in [0.15, 0.2) is 33.6 Å². The molecule has 0 bridgehead atoms. The Morgan fingerprint density at radius 1 is 1.26 bits per heavy atom. The molecule has 1 amide bonds. The highest BCUT2D eigenvalue weighted by atomic mass is 79.9. The van der Waals surface area contributed by atoms with Gasteiger partial charge in [0.2, 0.25) is 5.91 Å². The van der Waals surface area contributed by atoms with E-state index in [9.17, 15) is 9.00 Å². The Hall–Kier alpha value is -0.430. The fraction of sp³-hybridized carbons (Fsp3) is 0.562. The standard InChI is InChI=1S/C16H25BrN2O2S.ClH/c1-3-16(18,4-2)12-19-15(20)6-5-11-22(21)14-9-7-13(17)8-10-14;/h7-10H,3-6,11-12,18H2,1-2H3,(H,19,20);1H. The van der Waals surface area contributed by atoms with Crippen LogP contribution in [0.4, 0.5) is 0 Å². The Bertz CT molecular complexity index is 507. The molecule has 0 fully saturated rings. The molecule has 0 aromatic heterocycles. The quantitative estimate of drug-likeness (QED) is 0.637. The third kappa shape index (κ3) is 8.29. The van der Waals surface area contributed by atoms with Crippen molar-refractivity contribution >= 4 is 45.0 Å². The minimum Gasteiger partial charge on any atom is -0.354 e. The van der Waals surface area contributed by atoms with Gasteiger partial charge in [-0.25, -0.2) is 0 Å². The van der Waals surface area contributed by atoms with Crippen LogP contribution in [0.1, 0.15) is 39.5 Å². The van der Waals surface area contributed by atoms with Gasteiger partial charge in [-0.15, -0.1) is 12.4 Å². The van der Waals surface area contributed by atoms with Crippen LogP contribution in [0, 0.1) is 0 Å². The first-order valence-electron chi connectivity index (χ1n) is 7.59. The largest absolute Gasteiger partial charge is 0.354 e. The van der Waals surface area contributed by atoms with Gasteiger partial charge >= 0.3 is 0 Å². The monoisotopic (exact) mass is 424 g/mol. The van der Waals surface area contributed by atoms with E-state index in [0.717, 1.165) is 22.2 Å². The van der Waals surface area contributed by atoms with Crippen molar-refractivity contribution < 1.29 is 9.00 Å². The van der Waals surface area contributed by atoms with Crippen molar-refractivity contribution in [2.24, 2.45) is 5.73 Å². The van der Waals surface area contributed by atoms with Gasteiger partial charge in [0.05, 0.1) is 10.8 Å². The van der Waals surface area contributed by atoms with Gasteiger partial charge in [0.15, 0.2) is 0 Å². The van der Waals surface area contributed by atoms with Crippen molar-refractivity contribution in [2.45, 2.75) is 50.0 Å². The predicted molar refractivity (Wildman–Crippen MR) is 102 cm³/mol. The summed E-state index contributed by atoms with van der Waals surface area (Å²) in [5, 5.41) is 2.88. The summed E-state index contributed by atoms with van der Waals surface area (Å²) >= 11 is 3.35. The van der Waals surface area contributed by atoms with Gasteiger partial charge in [-0.3, -0.25) is 9.00 Å². The second kappa shape index (κ2) is 11.2. The van der Waals surface area contributed by atoms with Gasteiger partial charge in [-0.2, -0.15) is 0 Å². The van der Waals surface area contributed by atoms with Crippen LogP contribution >= 0.6 is 28.3 Å². The Labute approximate surface area is 156 Å². The summed E-state index contributed by atoms with van der Waals surface area (Å²) in [7, 11) is -1.06. The van der Waals surface area contributed by atoms with E-state index in [-0.39, 0.29) is 23.9 Å². The third-order valence-corrected chi connectivity index (χ3v) is 5.84. The number of nitrogens with one attached hydrogen (secondary N) is 1. The lowest BCUT2D eigenvalue weighted by Gasteiger charge is -2.26. The van der Waals surface area contributed by atoms with Crippen LogP contribution in [0.5, 0.6) is 0 Å². The molecule has 1 aromatic rings. The van der Waals surface area contributed by atoms with E-state index in [1.807, 2.05) is 38.1 Å². The highest BCUT2D eigenvalue weighted by molar-refractivity contribution is 9.10. The molecule has 4 nitrogen and oxygen atoms in total.